The second kappa shape index (κ2) is 8.81. The third-order valence-electron chi connectivity index (χ3n) is 3.44. The smallest absolute Gasteiger partial charge is 0.406 e. The molecule has 27 heavy (non-hydrogen) atoms. The lowest BCUT2D eigenvalue weighted by Gasteiger charge is -2.17. The molecule has 0 heterocycles. The van der Waals surface area contributed by atoms with E-state index in [1.807, 2.05) is 18.4 Å². The number of anilines is 1. The average Bonchev–Trinajstić information content (AvgIpc) is 2.61. The molecule has 2 aromatic carbocycles. The maximum atomic E-state index is 12.3. The predicted molar refractivity (Wildman–Crippen MR) is 96.9 cm³/mol. The summed E-state index contributed by atoms with van der Waals surface area (Å²) in [5.41, 5.74) is 0.747. The largest absolute Gasteiger partial charge is 0.573 e. The van der Waals surface area contributed by atoms with Crippen molar-refractivity contribution in [1.82, 2.24) is 4.90 Å². The maximum Gasteiger partial charge on any atom is 0.573 e. The fourth-order valence-corrected chi connectivity index (χ4v) is 2.59. The number of rotatable bonds is 6. The molecule has 1 N–H and O–H groups in total. The number of ether oxygens (including phenoxy) is 1. The quantitative estimate of drug-likeness (QED) is 0.747. The number of benzene rings is 2. The first-order valence-electron chi connectivity index (χ1n) is 7.73. The van der Waals surface area contributed by atoms with Crippen molar-refractivity contribution in [3.05, 3.63) is 54.1 Å². The van der Waals surface area contributed by atoms with Crippen molar-refractivity contribution in [3.8, 4) is 5.75 Å². The van der Waals surface area contributed by atoms with Gasteiger partial charge in [-0.15, -0.1) is 24.9 Å². The number of nitrogens with zero attached hydrogens (tertiary/aromatic N) is 1. The van der Waals surface area contributed by atoms with Gasteiger partial charge in [-0.05, 0) is 54.8 Å². The number of likely N-dealkylation sites (N-methyl/N-ethyl adjacent to an activating group) is 1. The van der Waals surface area contributed by atoms with Crippen molar-refractivity contribution in [2.24, 2.45) is 0 Å². The van der Waals surface area contributed by atoms with Crippen molar-refractivity contribution < 1.29 is 27.5 Å². The zero-order valence-corrected chi connectivity index (χ0v) is 15.4. The van der Waals surface area contributed by atoms with E-state index in [0.717, 1.165) is 17.0 Å². The molecule has 0 aliphatic rings. The van der Waals surface area contributed by atoms with E-state index in [4.69, 9.17) is 0 Å². The minimum Gasteiger partial charge on any atom is -0.406 e. The van der Waals surface area contributed by atoms with Crippen LogP contribution in [-0.2, 0) is 4.79 Å². The Bertz CT molecular complexity index is 793. The first-order valence-corrected chi connectivity index (χ1v) is 8.95. The number of thioether (sulfide) groups is 1. The summed E-state index contributed by atoms with van der Waals surface area (Å²) in [5.74, 6) is -1.18. The van der Waals surface area contributed by atoms with E-state index >= 15 is 0 Å². The highest BCUT2D eigenvalue weighted by Crippen LogP contribution is 2.24. The Morgan fingerprint density at radius 3 is 2.19 bits per heavy atom. The van der Waals surface area contributed by atoms with Crippen LogP contribution in [-0.4, -0.2) is 42.9 Å². The summed E-state index contributed by atoms with van der Waals surface area (Å²) in [5, 5.41) is 2.51. The average molecular weight is 398 g/mol. The van der Waals surface area contributed by atoms with Crippen LogP contribution in [0.1, 0.15) is 10.4 Å². The molecule has 2 aromatic rings. The molecule has 9 heteroatoms. The van der Waals surface area contributed by atoms with Crippen LogP contribution in [0.2, 0.25) is 0 Å². The molecule has 0 unspecified atom stereocenters. The Morgan fingerprint density at radius 1 is 1.07 bits per heavy atom. The number of hydrogen-bond donors (Lipinski definition) is 1. The monoisotopic (exact) mass is 398 g/mol. The SMILES string of the molecule is CSc1ccc(C(=O)N(C)CC(=O)Nc2ccc(OC(F)(F)F)cc2)cc1. The van der Waals surface area contributed by atoms with E-state index in [1.54, 1.807) is 23.9 Å². The van der Waals surface area contributed by atoms with E-state index in [-0.39, 0.29) is 18.2 Å². The van der Waals surface area contributed by atoms with Gasteiger partial charge >= 0.3 is 6.36 Å². The summed E-state index contributed by atoms with van der Waals surface area (Å²) in [6.45, 7) is -0.204. The number of amides is 2. The van der Waals surface area contributed by atoms with Gasteiger partial charge in [-0.1, -0.05) is 0 Å². The molecule has 0 spiro atoms. The molecule has 0 fully saturated rings. The lowest BCUT2D eigenvalue weighted by molar-refractivity contribution is -0.274. The second-order valence-corrected chi connectivity index (χ2v) is 6.39. The van der Waals surface area contributed by atoms with E-state index in [9.17, 15) is 22.8 Å². The summed E-state index contributed by atoms with van der Waals surface area (Å²) < 4.78 is 40.1. The van der Waals surface area contributed by atoms with Crippen molar-refractivity contribution in [3.63, 3.8) is 0 Å². The van der Waals surface area contributed by atoms with Crippen molar-refractivity contribution >= 4 is 29.3 Å². The number of alkyl halides is 3. The van der Waals surface area contributed by atoms with Gasteiger partial charge in [-0.3, -0.25) is 9.59 Å². The van der Waals surface area contributed by atoms with Crippen LogP contribution in [0.4, 0.5) is 18.9 Å². The van der Waals surface area contributed by atoms with Crippen molar-refractivity contribution in [2.45, 2.75) is 11.3 Å². The standard InChI is InChI=1S/C18H17F3N2O3S/c1-23(17(25)12-3-9-15(27-2)10-4-12)11-16(24)22-13-5-7-14(8-6-13)26-18(19,20)21/h3-10H,11H2,1-2H3,(H,22,24). The molecule has 0 saturated heterocycles. The van der Waals surface area contributed by atoms with Crippen LogP contribution in [0.5, 0.6) is 5.75 Å². The Kier molecular flexibility index (Phi) is 6.73. The molecular formula is C18H17F3N2O3S. The lowest BCUT2D eigenvalue weighted by atomic mass is 10.2. The Morgan fingerprint density at radius 2 is 1.67 bits per heavy atom. The third kappa shape index (κ3) is 6.52. The van der Waals surface area contributed by atoms with Crippen LogP contribution in [0.3, 0.4) is 0 Å². The minimum absolute atomic E-state index is 0.204. The Hall–Kier alpha value is -2.68. The number of hydrogen-bond acceptors (Lipinski definition) is 4. The molecule has 0 radical (unpaired) electrons. The number of carbonyl (C=O) groups is 2. The van der Waals surface area contributed by atoms with E-state index in [2.05, 4.69) is 10.1 Å². The van der Waals surface area contributed by atoms with Gasteiger partial charge in [0.05, 0.1) is 6.54 Å². The molecule has 2 amide bonds. The highest BCUT2D eigenvalue weighted by Gasteiger charge is 2.31. The van der Waals surface area contributed by atoms with Crippen LogP contribution >= 0.6 is 11.8 Å². The van der Waals surface area contributed by atoms with Gasteiger partial charge < -0.3 is 15.0 Å². The summed E-state index contributed by atoms with van der Waals surface area (Å²) in [4.78, 5) is 26.7. The molecule has 0 atom stereocenters. The summed E-state index contributed by atoms with van der Waals surface area (Å²) in [6, 6.07) is 11.7. The molecule has 0 aliphatic heterocycles. The maximum absolute atomic E-state index is 12.3. The van der Waals surface area contributed by atoms with E-state index in [1.165, 1.54) is 24.1 Å². The van der Waals surface area contributed by atoms with Crippen LogP contribution in [0.25, 0.3) is 0 Å². The topological polar surface area (TPSA) is 58.6 Å². The fraction of sp³-hybridized carbons (Fsp3) is 0.222. The molecule has 144 valence electrons. The number of carbonyl (C=O) groups excluding carboxylic acids is 2. The van der Waals surface area contributed by atoms with Gasteiger partial charge in [0.1, 0.15) is 5.75 Å². The highest BCUT2D eigenvalue weighted by atomic mass is 32.2. The zero-order valence-electron chi connectivity index (χ0n) is 14.5. The predicted octanol–water partition coefficient (Wildman–Crippen LogP) is 4.02. The molecule has 0 aromatic heterocycles. The van der Waals surface area contributed by atoms with Gasteiger partial charge in [0.2, 0.25) is 5.91 Å². The van der Waals surface area contributed by atoms with E-state index in [0.29, 0.717) is 11.3 Å². The zero-order chi connectivity index (χ0) is 20.0. The van der Waals surface area contributed by atoms with Crippen LogP contribution in [0, 0.1) is 0 Å². The summed E-state index contributed by atoms with van der Waals surface area (Å²) in [7, 11) is 1.49. The van der Waals surface area contributed by atoms with Gasteiger partial charge in [0.15, 0.2) is 0 Å². The lowest BCUT2D eigenvalue weighted by Crippen LogP contribution is -2.34. The first kappa shape index (κ1) is 20.6. The molecule has 0 saturated carbocycles. The highest BCUT2D eigenvalue weighted by molar-refractivity contribution is 7.98. The van der Waals surface area contributed by atoms with Gasteiger partial charge in [0.25, 0.3) is 5.91 Å². The third-order valence-corrected chi connectivity index (χ3v) is 4.18. The fourth-order valence-electron chi connectivity index (χ4n) is 2.18. The van der Waals surface area contributed by atoms with Gasteiger partial charge in [-0.2, -0.15) is 0 Å². The van der Waals surface area contributed by atoms with Crippen molar-refractivity contribution in [1.29, 1.82) is 0 Å². The normalized spacial score (nSPS) is 11.0. The summed E-state index contributed by atoms with van der Waals surface area (Å²) in [6.07, 6.45) is -2.85. The van der Waals surface area contributed by atoms with Crippen LogP contribution in [0.15, 0.2) is 53.4 Å². The molecule has 0 aliphatic carbocycles. The number of nitrogens with one attached hydrogen (secondary N) is 1. The van der Waals surface area contributed by atoms with Gasteiger partial charge in [-0.25, -0.2) is 0 Å². The Labute approximate surface area is 158 Å². The number of halogens is 3. The second-order valence-electron chi connectivity index (χ2n) is 5.51. The first-order chi connectivity index (χ1) is 12.7. The molecule has 2 rings (SSSR count). The van der Waals surface area contributed by atoms with Crippen LogP contribution < -0.4 is 10.1 Å². The minimum atomic E-state index is -4.78. The molecular weight excluding hydrogens is 381 g/mol. The summed E-state index contributed by atoms with van der Waals surface area (Å²) >= 11 is 1.55. The van der Waals surface area contributed by atoms with Crippen molar-refractivity contribution in [2.75, 3.05) is 25.2 Å². The molecule has 0 bridgehead atoms. The van der Waals surface area contributed by atoms with E-state index < -0.39 is 12.3 Å². The van der Waals surface area contributed by atoms with Gasteiger partial charge in [0, 0.05) is 23.2 Å². The Balaban J connectivity index is 1.91. The molecule has 5 nitrogen and oxygen atoms in total.